The second-order valence-electron chi connectivity index (χ2n) is 7.45. The number of allylic oxidation sites excluding steroid dienone is 1. The Morgan fingerprint density at radius 1 is 1.00 bits per heavy atom. The molecule has 0 atom stereocenters. The molecule has 0 unspecified atom stereocenters. The molecule has 4 aliphatic rings. The summed E-state index contributed by atoms with van der Waals surface area (Å²) in [7, 11) is 0. The van der Waals surface area contributed by atoms with Crippen LogP contribution in [0.2, 0.25) is 0 Å². The van der Waals surface area contributed by atoms with Crippen LogP contribution in [0, 0.1) is 23.2 Å². The van der Waals surface area contributed by atoms with Gasteiger partial charge in [0, 0.05) is 9.89 Å². The lowest BCUT2D eigenvalue weighted by molar-refractivity contribution is -0.138. The van der Waals surface area contributed by atoms with Crippen molar-refractivity contribution in [3.8, 4) is 0 Å². The summed E-state index contributed by atoms with van der Waals surface area (Å²) in [6, 6.07) is 8.14. The normalized spacial score (nSPS) is 37.3. The van der Waals surface area contributed by atoms with Crippen LogP contribution in [0.15, 0.2) is 34.8 Å². The van der Waals surface area contributed by atoms with Crippen LogP contribution >= 0.6 is 15.9 Å². The molecule has 4 saturated carbocycles. The Morgan fingerprint density at radius 3 is 2.05 bits per heavy atom. The van der Waals surface area contributed by atoms with Crippen molar-refractivity contribution in [1.29, 1.82) is 0 Å². The zero-order valence-corrected chi connectivity index (χ0v) is 13.8. The standard InChI is InChI=1S/C19H21BrO/c20-17-4-1-13(2-5-17)3-6-18(21)19-10-14-7-15(11-19)9-16(8-14)12-19/h1-6,14-16H,7-12H2. The first-order chi connectivity index (χ1) is 10.1. The monoisotopic (exact) mass is 344 g/mol. The molecule has 4 bridgehead atoms. The lowest BCUT2D eigenvalue weighted by Crippen LogP contribution is -2.49. The molecule has 21 heavy (non-hydrogen) atoms. The van der Waals surface area contributed by atoms with Gasteiger partial charge in [-0.05, 0) is 80.1 Å². The highest BCUT2D eigenvalue weighted by molar-refractivity contribution is 9.10. The van der Waals surface area contributed by atoms with Crippen LogP contribution in [-0.4, -0.2) is 5.78 Å². The number of rotatable bonds is 3. The van der Waals surface area contributed by atoms with Crippen molar-refractivity contribution in [3.63, 3.8) is 0 Å². The molecular weight excluding hydrogens is 324 g/mol. The highest BCUT2D eigenvalue weighted by Gasteiger charge is 2.53. The molecule has 0 spiro atoms. The molecule has 0 saturated heterocycles. The minimum atomic E-state index is 0.000609. The Balaban J connectivity index is 1.53. The molecule has 0 heterocycles. The number of carbonyl (C=O) groups excluding carboxylic acids is 1. The highest BCUT2D eigenvalue weighted by atomic mass is 79.9. The third kappa shape index (κ3) is 2.52. The van der Waals surface area contributed by atoms with E-state index in [1.165, 1.54) is 19.3 Å². The second-order valence-corrected chi connectivity index (χ2v) is 8.36. The van der Waals surface area contributed by atoms with Gasteiger partial charge >= 0.3 is 0 Å². The van der Waals surface area contributed by atoms with Gasteiger partial charge in [0.1, 0.15) is 0 Å². The van der Waals surface area contributed by atoms with Crippen LogP contribution in [0.1, 0.15) is 44.1 Å². The Bertz CT molecular complexity index is 549. The van der Waals surface area contributed by atoms with Gasteiger partial charge in [0.2, 0.25) is 0 Å². The van der Waals surface area contributed by atoms with E-state index in [0.717, 1.165) is 47.1 Å². The predicted molar refractivity (Wildman–Crippen MR) is 88.8 cm³/mol. The maximum Gasteiger partial charge on any atom is 0.161 e. The summed E-state index contributed by atoms with van der Waals surface area (Å²) in [6.07, 6.45) is 11.5. The van der Waals surface area contributed by atoms with Crippen LogP contribution in [-0.2, 0) is 4.79 Å². The molecule has 0 amide bonds. The molecule has 5 rings (SSSR count). The summed E-state index contributed by atoms with van der Waals surface area (Å²) in [5.74, 6) is 2.90. The van der Waals surface area contributed by atoms with Gasteiger partial charge in [-0.1, -0.05) is 34.1 Å². The van der Waals surface area contributed by atoms with Gasteiger partial charge in [-0.25, -0.2) is 0 Å². The Morgan fingerprint density at radius 2 is 1.52 bits per heavy atom. The van der Waals surface area contributed by atoms with Crippen LogP contribution in [0.5, 0.6) is 0 Å². The average molecular weight is 345 g/mol. The van der Waals surface area contributed by atoms with E-state index in [1.807, 2.05) is 36.4 Å². The van der Waals surface area contributed by atoms with Crippen molar-refractivity contribution in [2.75, 3.05) is 0 Å². The smallest absolute Gasteiger partial charge is 0.161 e. The topological polar surface area (TPSA) is 17.1 Å². The Labute approximate surface area is 134 Å². The molecule has 0 N–H and O–H groups in total. The molecular formula is C19H21BrO. The molecule has 1 aromatic carbocycles. The van der Waals surface area contributed by atoms with E-state index in [-0.39, 0.29) is 5.41 Å². The fraction of sp³-hybridized carbons (Fsp3) is 0.526. The van der Waals surface area contributed by atoms with Crippen molar-refractivity contribution in [2.24, 2.45) is 23.2 Å². The molecule has 4 fully saturated rings. The summed E-state index contributed by atoms with van der Waals surface area (Å²) in [5.41, 5.74) is 1.11. The van der Waals surface area contributed by atoms with E-state index >= 15 is 0 Å². The van der Waals surface area contributed by atoms with Gasteiger partial charge in [-0.15, -0.1) is 0 Å². The van der Waals surface area contributed by atoms with Crippen LogP contribution in [0.4, 0.5) is 0 Å². The Hall–Kier alpha value is -0.890. The zero-order chi connectivity index (χ0) is 14.4. The fourth-order valence-corrected chi connectivity index (χ4v) is 5.60. The van der Waals surface area contributed by atoms with Crippen molar-refractivity contribution < 1.29 is 4.79 Å². The van der Waals surface area contributed by atoms with Gasteiger partial charge in [0.25, 0.3) is 0 Å². The third-order valence-electron chi connectivity index (χ3n) is 5.86. The zero-order valence-electron chi connectivity index (χ0n) is 12.2. The first-order valence-electron chi connectivity index (χ1n) is 8.11. The third-order valence-corrected chi connectivity index (χ3v) is 6.39. The summed E-state index contributed by atoms with van der Waals surface area (Å²) < 4.78 is 1.08. The van der Waals surface area contributed by atoms with E-state index in [0.29, 0.717) is 5.78 Å². The van der Waals surface area contributed by atoms with Gasteiger partial charge in [-0.2, -0.15) is 0 Å². The highest BCUT2D eigenvalue weighted by Crippen LogP contribution is 2.60. The van der Waals surface area contributed by atoms with Crippen molar-refractivity contribution in [1.82, 2.24) is 0 Å². The van der Waals surface area contributed by atoms with E-state index in [9.17, 15) is 4.79 Å². The lowest BCUT2D eigenvalue weighted by atomic mass is 9.48. The molecule has 2 heteroatoms. The second kappa shape index (κ2) is 5.08. The molecule has 0 aliphatic heterocycles. The first-order valence-corrected chi connectivity index (χ1v) is 8.90. The van der Waals surface area contributed by atoms with Gasteiger partial charge in [0.15, 0.2) is 5.78 Å². The molecule has 1 aromatic rings. The SMILES string of the molecule is O=C(C=Cc1ccc(Br)cc1)C12CC3CC(CC(C3)C1)C2. The summed E-state index contributed by atoms with van der Waals surface area (Å²) in [5, 5.41) is 0. The van der Waals surface area contributed by atoms with E-state index < -0.39 is 0 Å². The quantitative estimate of drug-likeness (QED) is 0.684. The number of ketones is 1. The predicted octanol–water partition coefficient (Wildman–Crippen LogP) is 5.25. The van der Waals surface area contributed by atoms with Crippen LogP contribution in [0.3, 0.4) is 0 Å². The Kier molecular flexibility index (Phi) is 3.33. The summed E-state index contributed by atoms with van der Waals surface area (Å²) >= 11 is 3.44. The van der Waals surface area contributed by atoms with Gasteiger partial charge in [-0.3, -0.25) is 4.79 Å². The van der Waals surface area contributed by atoms with Crippen LogP contribution in [0.25, 0.3) is 6.08 Å². The molecule has 0 aromatic heterocycles. The van der Waals surface area contributed by atoms with E-state index in [2.05, 4.69) is 15.9 Å². The number of benzene rings is 1. The molecule has 110 valence electrons. The number of hydrogen-bond donors (Lipinski definition) is 0. The molecule has 4 aliphatic carbocycles. The van der Waals surface area contributed by atoms with Crippen molar-refractivity contribution >= 4 is 27.8 Å². The van der Waals surface area contributed by atoms with Crippen molar-refractivity contribution in [2.45, 2.75) is 38.5 Å². The number of carbonyl (C=O) groups is 1. The minimum absolute atomic E-state index is 0.000609. The largest absolute Gasteiger partial charge is 0.294 e. The maximum absolute atomic E-state index is 12.8. The van der Waals surface area contributed by atoms with E-state index in [4.69, 9.17) is 0 Å². The van der Waals surface area contributed by atoms with Gasteiger partial charge < -0.3 is 0 Å². The van der Waals surface area contributed by atoms with E-state index in [1.54, 1.807) is 0 Å². The summed E-state index contributed by atoms with van der Waals surface area (Å²) in [6.45, 7) is 0. The minimum Gasteiger partial charge on any atom is -0.294 e. The average Bonchev–Trinajstić information content (AvgIpc) is 2.45. The fourth-order valence-electron chi connectivity index (χ4n) is 5.34. The molecule has 1 nitrogen and oxygen atoms in total. The summed E-state index contributed by atoms with van der Waals surface area (Å²) in [4.78, 5) is 12.8. The maximum atomic E-state index is 12.8. The number of halogens is 1. The van der Waals surface area contributed by atoms with Gasteiger partial charge in [0.05, 0.1) is 0 Å². The lowest BCUT2D eigenvalue weighted by Gasteiger charge is -2.55. The number of hydrogen-bond acceptors (Lipinski definition) is 1. The van der Waals surface area contributed by atoms with Crippen molar-refractivity contribution in [3.05, 3.63) is 40.4 Å². The first kappa shape index (κ1) is 13.8. The van der Waals surface area contributed by atoms with Crippen LogP contribution < -0.4 is 0 Å². The molecule has 0 radical (unpaired) electrons.